The van der Waals surface area contributed by atoms with Crippen LogP contribution in [0.15, 0.2) is 0 Å². The number of thioether (sulfide) groups is 1. The Morgan fingerprint density at radius 2 is 2.00 bits per heavy atom. The lowest BCUT2D eigenvalue weighted by Crippen LogP contribution is -2.14. The summed E-state index contributed by atoms with van der Waals surface area (Å²) in [5.41, 5.74) is -3.90. The molecule has 0 radical (unpaired) electrons. The van der Waals surface area contributed by atoms with E-state index < -0.39 is 5.51 Å². The number of hydrogen-bond acceptors (Lipinski definition) is 1. The predicted octanol–water partition coefficient (Wildman–Crippen LogP) is 4.19. The number of hydrogen-bond donors (Lipinski definition) is 0. The molecular formula is C8H12BrF3S. The minimum Gasteiger partial charge on any atom is -0.160 e. The fraction of sp³-hybridized carbons (Fsp3) is 1.00. The monoisotopic (exact) mass is 276 g/mol. The fourth-order valence-electron chi connectivity index (χ4n) is 1.38. The van der Waals surface area contributed by atoms with Crippen molar-refractivity contribution in [2.45, 2.75) is 36.5 Å². The Bertz CT molecular complexity index is 175. The molecule has 1 atom stereocenters. The molecule has 0 aliphatic heterocycles. The summed E-state index contributed by atoms with van der Waals surface area (Å²) in [6.45, 7) is 2.02. The van der Waals surface area contributed by atoms with Gasteiger partial charge in [-0.25, -0.2) is 0 Å². The lowest BCUT2D eigenvalue weighted by Gasteiger charge is -2.17. The minimum atomic E-state index is -4.06. The van der Waals surface area contributed by atoms with Crippen LogP contribution in [-0.2, 0) is 0 Å². The molecule has 1 aliphatic rings. The molecule has 0 spiro atoms. The largest absolute Gasteiger partial charge is 0.441 e. The van der Waals surface area contributed by atoms with Crippen LogP contribution in [0.1, 0.15) is 26.2 Å². The van der Waals surface area contributed by atoms with Gasteiger partial charge in [0.15, 0.2) is 0 Å². The van der Waals surface area contributed by atoms with Crippen molar-refractivity contribution in [3.8, 4) is 0 Å². The maximum atomic E-state index is 11.8. The lowest BCUT2D eigenvalue weighted by molar-refractivity contribution is -0.0328. The SMILES string of the molecule is CC(Br)C1(CCSC(F)(F)F)CC1. The molecule has 1 aliphatic carbocycles. The van der Waals surface area contributed by atoms with Crippen LogP contribution in [0.2, 0.25) is 0 Å². The normalized spacial score (nSPS) is 22.8. The lowest BCUT2D eigenvalue weighted by atomic mass is 10.0. The molecule has 0 heterocycles. The van der Waals surface area contributed by atoms with Crippen molar-refractivity contribution < 1.29 is 13.2 Å². The van der Waals surface area contributed by atoms with E-state index in [9.17, 15) is 13.2 Å². The van der Waals surface area contributed by atoms with Crippen LogP contribution in [0.4, 0.5) is 13.2 Å². The van der Waals surface area contributed by atoms with Gasteiger partial charge in [0.05, 0.1) is 0 Å². The van der Waals surface area contributed by atoms with Crippen molar-refractivity contribution in [1.29, 1.82) is 0 Å². The number of rotatable bonds is 4. The zero-order chi connectivity index (χ0) is 10.1. The van der Waals surface area contributed by atoms with E-state index in [1.54, 1.807) is 0 Å². The first kappa shape index (κ1) is 11.7. The van der Waals surface area contributed by atoms with E-state index in [0.717, 1.165) is 12.8 Å². The molecule has 1 unspecified atom stereocenters. The second kappa shape index (κ2) is 4.01. The van der Waals surface area contributed by atoms with Crippen molar-refractivity contribution >= 4 is 27.7 Å². The van der Waals surface area contributed by atoms with Crippen LogP contribution in [0.5, 0.6) is 0 Å². The first-order valence-electron chi connectivity index (χ1n) is 4.20. The van der Waals surface area contributed by atoms with E-state index >= 15 is 0 Å². The molecule has 0 aromatic carbocycles. The van der Waals surface area contributed by atoms with E-state index in [2.05, 4.69) is 15.9 Å². The summed E-state index contributed by atoms with van der Waals surface area (Å²) in [4.78, 5) is 0.342. The summed E-state index contributed by atoms with van der Waals surface area (Å²) in [5, 5.41) is 0. The highest BCUT2D eigenvalue weighted by Gasteiger charge is 2.46. The van der Waals surface area contributed by atoms with Crippen LogP contribution >= 0.6 is 27.7 Å². The van der Waals surface area contributed by atoms with Gasteiger partial charge in [-0.15, -0.1) is 0 Å². The summed E-state index contributed by atoms with van der Waals surface area (Å²) in [7, 11) is 0. The first-order valence-corrected chi connectivity index (χ1v) is 6.11. The second-order valence-electron chi connectivity index (χ2n) is 3.52. The van der Waals surface area contributed by atoms with Crippen LogP contribution in [-0.4, -0.2) is 16.1 Å². The van der Waals surface area contributed by atoms with Crippen molar-refractivity contribution in [1.82, 2.24) is 0 Å². The molecular weight excluding hydrogens is 265 g/mol. The summed E-state index contributed by atoms with van der Waals surface area (Å²) in [5.74, 6) is 0.194. The van der Waals surface area contributed by atoms with Crippen LogP contribution in [0.3, 0.4) is 0 Å². The van der Waals surface area contributed by atoms with E-state index in [1.807, 2.05) is 6.92 Å². The molecule has 13 heavy (non-hydrogen) atoms. The Balaban J connectivity index is 2.20. The zero-order valence-corrected chi connectivity index (χ0v) is 9.73. The summed E-state index contributed by atoms with van der Waals surface area (Å²) in [6, 6.07) is 0. The van der Waals surface area contributed by atoms with Gasteiger partial charge in [0.2, 0.25) is 0 Å². The van der Waals surface area contributed by atoms with Crippen molar-refractivity contribution in [3.05, 3.63) is 0 Å². The van der Waals surface area contributed by atoms with Gasteiger partial charge in [-0.3, -0.25) is 0 Å². The minimum absolute atomic E-state index is 0.0970. The van der Waals surface area contributed by atoms with Crippen molar-refractivity contribution in [2.75, 3.05) is 5.75 Å². The van der Waals surface area contributed by atoms with Gasteiger partial charge in [-0.1, -0.05) is 34.6 Å². The third-order valence-electron chi connectivity index (χ3n) is 2.60. The predicted molar refractivity (Wildman–Crippen MR) is 53.2 cm³/mol. The molecule has 5 heteroatoms. The summed E-state index contributed by atoms with van der Waals surface area (Å²) < 4.78 is 35.4. The Hall–Kier alpha value is 0.620. The second-order valence-corrected chi connectivity index (χ2v) is 6.06. The maximum absolute atomic E-state index is 11.8. The molecule has 0 aromatic heterocycles. The van der Waals surface area contributed by atoms with Gasteiger partial charge in [0.25, 0.3) is 0 Å². The molecule has 78 valence electrons. The Kier molecular flexibility index (Phi) is 3.60. The molecule has 0 nitrogen and oxygen atoms in total. The van der Waals surface area contributed by atoms with Gasteiger partial charge in [0.1, 0.15) is 0 Å². The Morgan fingerprint density at radius 3 is 2.31 bits per heavy atom. The molecule has 1 fully saturated rings. The molecule has 0 N–H and O–H groups in total. The van der Waals surface area contributed by atoms with Crippen molar-refractivity contribution in [3.63, 3.8) is 0 Å². The molecule has 0 bridgehead atoms. The van der Waals surface area contributed by atoms with E-state index in [-0.39, 0.29) is 22.9 Å². The van der Waals surface area contributed by atoms with Crippen LogP contribution in [0, 0.1) is 5.41 Å². The average molecular weight is 277 g/mol. The van der Waals surface area contributed by atoms with Crippen molar-refractivity contribution in [2.24, 2.45) is 5.41 Å². The molecule has 0 amide bonds. The quantitative estimate of drug-likeness (QED) is 0.694. The molecule has 0 saturated heterocycles. The summed E-state index contributed by atoms with van der Waals surface area (Å²) >= 11 is 3.55. The maximum Gasteiger partial charge on any atom is 0.441 e. The fourth-order valence-corrected chi connectivity index (χ4v) is 2.80. The number of halogens is 4. The standard InChI is InChI=1S/C8H12BrF3S/c1-6(9)7(2-3-7)4-5-13-8(10,11)12/h6H,2-5H2,1H3. The number of alkyl halides is 4. The highest BCUT2D eigenvalue weighted by molar-refractivity contribution is 9.09. The van der Waals surface area contributed by atoms with E-state index in [4.69, 9.17) is 0 Å². The van der Waals surface area contributed by atoms with Gasteiger partial charge in [-0.05, 0) is 24.7 Å². The topological polar surface area (TPSA) is 0 Å². The summed E-state index contributed by atoms with van der Waals surface area (Å²) in [6.07, 6.45) is 2.80. The first-order chi connectivity index (χ1) is 5.86. The van der Waals surface area contributed by atoms with E-state index in [1.165, 1.54) is 0 Å². The molecule has 1 saturated carbocycles. The Morgan fingerprint density at radius 1 is 1.46 bits per heavy atom. The third kappa shape index (κ3) is 3.70. The molecule has 0 aromatic rings. The molecule has 1 rings (SSSR count). The van der Waals surface area contributed by atoms with Crippen LogP contribution < -0.4 is 0 Å². The van der Waals surface area contributed by atoms with Gasteiger partial charge in [-0.2, -0.15) is 13.2 Å². The highest BCUT2D eigenvalue weighted by Crippen LogP contribution is 2.55. The average Bonchev–Trinajstić information content (AvgIpc) is 2.65. The third-order valence-corrected chi connectivity index (χ3v) is 4.31. The smallest absolute Gasteiger partial charge is 0.160 e. The van der Waals surface area contributed by atoms with Gasteiger partial charge < -0.3 is 0 Å². The van der Waals surface area contributed by atoms with Gasteiger partial charge >= 0.3 is 5.51 Å². The van der Waals surface area contributed by atoms with Crippen LogP contribution in [0.25, 0.3) is 0 Å². The van der Waals surface area contributed by atoms with E-state index in [0.29, 0.717) is 11.2 Å². The zero-order valence-electron chi connectivity index (χ0n) is 7.33. The van der Waals surface area contributed by atoms with Gasteiger partial charge in [0, 0.05) is 10.6 Å². The highest BCUT2D eigenvalue weighted by atomic mass is 79.9. The Labute approximate surface area is 88.8 Å².